The number of nitro groups is 1. The molecule has 0 spiro atoms. The fourth-order valence-electron chi connectivity index (χ4n) is 5.06. The molecule has 2 aromatic rings. The van der Waals surface area contributed by atoms with Crippen molar-refractivity contribution in [2.24, 2.45) is 11.8 Å². The summed E-state index contributed by atoms with van der Waals surface area (Å²) in [6.07, 6.45) is 0.455. The van der Waals surface area contributed by atoms with Crippen LogP contribution in [-0.4, -0.2) is 38.1 Å². The summed E-state index contributed by atoms with van der Waals surface area (Å²) in [7, 11) is 0. The number of benzene rings is 2. The molecule has 0 radical (unpaired) electrons. The number of carboxylic acid groups (broad SMARTS) is 1. The van der Waals surface area contributed by atoms with Gasteiger partial charge in [-0.25, -0.2) is 9.18 Å². The minimum Gasteiger partial charge on any atom is -0.479 e. The van der Waals surface area contributed by atoms with E-state index in [0.717, 1.165) is 17.0 Å². The van der Waals surface area contributed by atoms with Crippen LogP contribution in [0.4, 0.5) is 10.1 Å². The number of carboxylic acids is 1. The maximum atomic E-state index is 13.8. The molecular weight excluding hydrogens is 407 g/mol. The zero-order chi connectivity index (χ0) is 22.5. The fraction of sp³-hybridized carbons (Fsp3) is 0.318. The number of non-ortho nitro benzene ring substituents is 1. The summed E-state index contributed by atoms with van der Waals surface area (Å²) in [5, 5.41) is 21.4. The van der Waals surface area contributed by atoms with Crippen molar-refractivity contribution >= 4 is 23.3 Å². The molecule has 1 saturated carbocycles. The van der Waals surface area contributed by atoms with Gasteiger partial charge in [0.15, 0.2) is 0 Å². The number of carbonyl (C=O) groups is 3. The van der Waals surface area contributed by atoms with E-state index < -0.39 is 46.0 Å². The van der Waals surface area contributed by atoms with Crippen molar-refractivity contribution in [2.45, 2.75) is 31.3 Å². The van der Waals surface area contributed by atoms with Crippen LogP contribution in [0.15, 0.2) is 48.5 Å². The van der Waals surface area contributed by atoms with Crippen LogP contribution in [0.5, 0.6) is 0 Å². The molecule has 1 saturated heterocycles. The molecule has 1 amide bonds. The molecule has 0 aromatic heterocycles. The van der Waals surface area contributed by atoms with Crippen LogP contribution in [0.1, 0.15) is 41.7 Å². The highest BCUT2D eigenvalue weighted by Gasteiger charge is 2.66. The largest absolute Gasteiger partial charge is 0.479 e. The second kappa shape index (κ2) is 7.26. The molecule has 4 unspecified atom stereocenters. The lowest BCUT2D eigenvalue weighted by Crippen LogP contribution is -2.54. The van der Waals surface area contributed by atoms with E-state index in [1.54, 1.807) is 6.07 Å². The van der Waals surface area contributed by atoms with Crippen molar-refractivity contribution in [3.63, 3.8) is 0 Å². The first-order valence-corrected chi connectivity index (χ1v) is 9.76. The molecule has 31 heavy (non-hydrogen) atoms. The number of aliphatic carboxylic acids is 1. The monoisotopic (exact) mass is 426 g/mol. The molecule has 0 bridgehead atoms. The van der Waals surface area contributed by atoms with E-state index in [1.807, 2.05) is 0 Å². The molecule has 4 rings (SSSR count). The Labute approximate surface area is 176 Å². The number of halogens is 1. The average molecular weight is 426 g/mol. The number of hydrogen-bond donors (Lipinski definition) is 1. The minimum atomic E-state index is -1.74. The molecule has 2 fully saturated rings. The molecule has 1 heterocycles. The molecule has 8 nitrogen and oxygen atoms in total. The summed E-state index contributed by atoms with van der Waals surface area (Å²) in [4.78, 5) is 50.6. The van der Waals surface area contributed by atoms with Gasteiger partial charge in [-0.05, 0) is 37.1 Å². The van der Waals surface area contributed by atoms with E-state index in [9.17, 15) is 34.0 Å². The molecule has 1 N–H and O–H groups in total. The minimum absolute atomic E-state index is 0.0599. The lowest BCUT2D eigenvalue weighted by Gasteiger charge is -2.38. The Morgan fingerprint density at radius 1 is 1.23 bits per heavy atom. The zero-order valence-electron chi connectivity index (χ0n) is 16.5. The van der Waals surface area contributed by atoms with E-state index in [4.69, 9.17) is 0 Å². The standard InChI is InChI=1S/C22H19FN2O6/c1-22(21(28)29)16-8-9-17(26)18(16)19(12-4-3-7-15(11-12)25(30)31)24(22)20(27)13-5-2-6-14(23)10-13/h2-7,10-11,16,18-19H,8-9H2,1H3,(H,28,29). The molecule has 160 valence electrons. The third-order valence-corrected chi connectivity index (χ3v) is 6.49. The van der Waals surface area contributed by atoms with Crippen LogP contribution in [0.2, 0.25) is 0 Å². The van der Waals surface area contributed by atoms with E-state index in [2.05, 4.69) is 0 Å². The van der Waals surface area contributed by atoms with E-state index in [-0.39, 0.29) is 29.9 Å². The van der Waals surface area contributed by atoms with Crippen LogP contribution >= 0.6 is 0 Å². The number of hydrogen-bond acceptors (Lipinski definition) is 5. The first kappa shape index (κ1) is 20.6. The SMILES string of the molecule is CC1(C(=O)O)C2CCC(=O)C2C(c2cccc([N+](=O)[O-])c2)N1C(=O)c1cccc(F)c1. The van der Waals surface area contributed by atoms with Crippen LogP contribution in [0, 0.1) is 27.8 Å². The Morgan fingerprint density at radius 3 is 2.58 bits per heavy atom. The first-order chi connectivity index (χ1) is 14.7. The Kier molecular flexibility index (Phi) is 4.83. The first-order valence-electron chi connectivity index (χ1n) is 9.76. The highest BCUT2D eigenvalue weighted by Crippen LogP contribution is 2.57. The second-order valence-electron chi connectivity index (χ2n) is 8.07. The molecule has 2 aromatic carbocycles. The molecule has 1 aliphatic carbocycles. The Morgan fingerprint density at radius 2 is 1.94 bits per heavy atom. The van der Waals surface area contributed by atoms with Gasteiger partial charge in [-0.3, -0.25) is 19.7 Å². The maximum Gasteiger partial charge on any atom is 0.329 e. The fourth-order valence-corrected chi connectivity index (χ4v) is 5.06. The lowest BCUT2D eigenvalue weighted by molar-refractivity contribution is -0.385. The van der Waals surface area contributed by atoms with Crippen molar-refractivity contribution < 1.29 is 28.8 Å². The van der Waals surface area contributed by atoms with Crippen LogP contribution in [0.3, 0.4) is 0 Å². The van der Waals surface area contributed by atoms with Crippen LogP contribution < -0.4 is 0 Å². The quantitative estimate of drug-likeness (QED) is 0.592. The number of amides is 1. The van der Waals surface area contributed by atoms with Crippen LogP contribution in [0.25, 0.3) is 0 Å². The summed E-state index contributed by atoms with van der Waals surface area (Å²) in [5.41, 5.74) is -1.73. The number of carbonyl (C=O) groups excluding carboxylic acids is 2. The van der Waals surface area contributed by atoms with Crippen molar-refractivity contribution in [3.8, 4) is 0 Å². The molecule has 2 aliphatic rings. The second-order valence-corrected chi connectivity index (χ2v) is 8.07. The summed E-state index contributed by atoms with van der Waals surface area (Å²) in [6, 6.07) is 9.37. The summed E-state index contributed by atoms with van der Waals surface area (Å²) < 4.78 is 13.8. The van der Waals surface area contributed by atoms with Gasteiger partial charge in [0.25, 0.3) is 11.6 Å². The van der Waals surface area contributed by atoms with Crippen molar-refractivity contribution in [3.05, 3.63) is 75.6 Å². The number of likely N-dealkylation sites (tertiary alicyclic amines) is 1. The average Bonchev–Trinajstić information content (AvgIpc) is 3.24. The van der Waals surface area contributed by atoms with Crippen molar-refractivity contribution in [1.29, 1.82) is 0 Å². The third-order valence-electron chi connectivity index (χ3n) is 6.49. The third kappa shape index (κ3) is 3.08. The number of fused-ring (bicyclic) bond motifs is 1. The predicted octanol–water partition coefficient (Wildman–Crippen LogP) is 3.37. The van der Waals surface area contributed by atoms with Gasteiger partial charge in [-0.15, -0.1) is 0 Å². The Hall–Kier alpha value is -3.62. The number of ketones is 1. The molecule has 9 heteroatoms. The van der Waals surface area contributed by atoms with Gasteiger partial charge in [0.05, 0.1) is 11.0 Å². The summed E-state index contributed by atoms with van der Waals surface area (Å²) in [6.45, 7) is 1.39. The molecule has 4 atom stereocenters. The van der Waals surface area contributed by atoms with Gasteiger partial charge >= 0.3 is 5.97 Å². The summed E-state index contributed by atoms with van der Waals surface area (Å²) >= 11 is 0. The Balaban J connectivity index is 1.93. The predicted molar refractivity (Wildman–Crippen MR) is 106 cm³/mol. The van der Waals surface area contributed by atoms with E-state index >= 15 is 0 Å². The lowest BCUT2D eigenvalue weighted by atomic mass is 9.80. The molecular formula is C22H19FN2O6. The van der Waals surface area contributed by atoms with Gasteiger partial charge in [0, 0.05) is 36.0 Å². The molecule has 1 aliphatic heterocycles. The van der Waals surface area contributed by atoms with E-state index in [1.165, 1.54) is 37.3 Å². The normalized spacial score (nSPS) is 27.2. The van der Waals surface area contributed by atoms with Crippen molar-refractivity contribution in [1.82, 2.24) is 4.90 Å². The van der Waals surface area contributed by atoms with Gasteiger partial charge in [-0.2, -0.15) is 0 Å². The Bertz CT molecular complexity index is 1120. The smallest absolute Gasteiger partial charge is 0.329 e. The number of nitrogens with zero attached hydrogens (tertiary/aromatic N) is 2. The van der Waals surface area contributed by atoms with Gasteiger partial charge < -0.3 is 10.0 Å². The van der Waals surface area contributed by atoms with Gasteiger partial charge in [0.1, 0.15) is 17.1 Å². The topological polar surface area (TPSA) is 118 Å². The van der Waals surface area contributed by atoms with E-state index in [0.29, 0.717) is 5.56 Å². The van der Waals surface area contributed by atoms with Gasteiger partial charge in [-0.1, -0.05) is 18.2 Å². The van der Waals surface area contributed by atoms with Crippen molar-refractivity contribution in [2.75, 3.05) is 0 Å². The van der Waals surface area contributed by atoms with Gasteiger partial charge in [0.2, 0.25) is 0 Å². The van der Waals surface area contributed by atoms with Crippen LogP contribution in [-0.2, 0) is 9.59 Å². The number of Topliss-reactive ketones (excluding diaryl/α,β-unsaturated/α-hetero) is 1. The zero-order valence-corrected chi connectivity index (χ0v) is 16.5. The highest BCUT2D eigenvalue weighted by atomic mass is 19.1. The highest BCUT2D eigenvalue weighted by molar-refractivity contribution is 6.01. The summed E-state index contributed by atoms with van der Waals surface area (Å²) in [5.74, 6) is -4.37. The number of rotatable bonds is 4. The number of nitro benzene ring substituents is 1. The maximum absolute atomic E-state index is 13.8.